The number of nitrogens with zero attached hydrogens (tertiary/aromatic N) is 4. The lowest BCUT2D eigenvalue weighted by molar-refractivity contribution is -0.121. The molecule has 1 aromatic heterocycles. The maximum atomic E-state index is 12.8. The molecule has 1 unspecified atom stereocenters. The third-order valence-electron chi connectivity index (χ3n) is 5.39. The van der Waals surface area contributed by atoms with Crippen LogP contribution in [-0.4, -0.2) is 39.3 Å². The fourth-order valence-electron chi connectivity index (χ4n) is 3.89. The van der Waals surface area contributed by atoms with Gasteiger partial charge in [0, 0.05) is 32.2 Å². The van der Waals surface area contributed by atoms with E-state index in [1.54, 1.807) is 30.7 Å². The summed E-state index contributed by atoms with van der Waals surface area (Å²) in [7, 11) is 1.69. The predicted molar refractivity (Wildman–Crippen MR) is 122 cm³/mol. The van der Waals surface area contributed by atoms with E-state index in [0.29, 0.717) is 27.3 Å². The Balaban J connectivity index is 2.20. The fraction of sp³-hybridized carbons (Fsp3) is 0.429. The average Bonchev–Trinajstić information content (AvgIpc) is 2.94. The smallest absolute Gasteiger partial charge is 0.270 e. The second-order valence-electron chi connectivity index (χ2n) is 7.49. The molecule has 8 heteroatoms. The number of nitriles is 1. The van der Waals surface area contributed by atoms with E-state index in [-0.39, 0.29) is 17.0 Å². The number of carbonyl (C=O) groups excluding carboxylic acids is 1. The van der Waals surface area contributed by atoms with Crippen molar-refractivity contribution in [1.29, 1.82) is 5.26 Å². The van der Waals surface area contributed by atoms with Gasteiger partial charge in [0.25, 0.3) is 11.5 Å². The minimum atomic E-state index is -0.311. The molecule has 1 amide bonds. The number of thiocarbonyl (C=S) groups is 1. The predicted octanol–water partition coefficient (Wildman–Crippen LogP) is 3.19. The van der Waals surface area contributed by atoms with E-state index < -0.39 is 0 Å². The second kappa shape index (κ2) is 8.56. The van der Waals surface area contributed by atoms with E-state index in [1.165, 1.54) is 16.7 Å². The average molecular weight is 429 g/mol. The molecule has 0 spiro atoms. The number of amides is 1. The molecule has 0 saturated carbocycles. The van der Waals surface area contributed by atoms with Crippen LogP contribution in [0.3, 0.4) is 0 Å². The molecule has 1 aromatic rings. The van der Waals surface area contributed by atoms with Crippen molar-refractivity contribution in [2.75, 3.05) is 24.5 Å². The van der Waals surface area contributed by atoms with Crippen molar-refractivity contribution < 1.29 is 4.79 Å². The van der Waals surface area contributed by atoms with Crippen molar-refractivity contribution in [2.45, 2.75) is 26.7 Å². The molecule has 29 heavy (non-hydrogen) atoms. The van der Waals surface area contributed by atoms with Crippen LogP contribution in [0.2, 0.25) is 0 Å². The summed E-state index contributed by atoms with van der Waals surface area (Å²) in [4.78, 5) is 29.8. The van der Waals surface area contributed by atoms with Gasteiger partial charge in [0.15, 0.2) is 0 Å². The van der Waals surface area contributed by atoms with Gasteiger partial charge in [-0.3, -0.25) is 19.1 Å². The summed E-state index contributed by atoms with van der Waals surface area (Å²) < 4.78 is 2.03. The molecule has 3 heterocycles. The molecule has 0 bridgehead atoms. The van der Waals surface area contributed by atoms with Gasteiger partial charge >= 0.3 is 0 Å². The Kier molecular flexibility index (Phi) is 6.30. The van der Waals surface area contributed by atoms with E-state index >= 15 is 0 Å². The molecular formula is C21H24N4O2S2. The fourth-order valence-corrected chi connectivity index (χ4v) is 5.15. The lowest BCUT2D eigenvalue weighted by atomic mass is 9.98. The maximum Gasteiger partial charge on any atom is 0.270 e. The highest BCUT2D eigenvalue weighted by molar-refractivity contribution is 8.26. The van der Waals surface area contributed by atoms with Gasteiger partial charge in [-0.25, -0.2) is 0 Å². The topological polar surface area (TPSA) is 69.3 Å². The molecule has 0 radical (unpaired) electrons. The summed E-state index contributed by atoms with van der Waals surface area (Å²) >= 11 is 6.58. The number of piperidine rings is 1. The molecule has 3 rings (SSSR count). The first kappa shape index (κ1) is 21.3. The third-order valence-corrected chi connectivity index (χ3v) is 6.76. The quantitative estimate of drug-likeness (QED) is 0.417. The first-order valence-corrected chi connectivity index (χ1v) is 10.8. The Morgan fingerprint density at radius 1 is 1.41 bits per heavy atom. The van der Waals surface area contributed by atoms with Crippen LogP contribution in [0.15, 0.2) is 22.4 Å². The number of aromatic nitrogens is 1. The molecule has 0 N–H and O–H groups in total. The van der Waals surface area contributed by atoms with Gasteiger partial charge in [0.1, 0.15) is 21.8 Å². The third kappa shape index (κ3) is 3.89. The first-order valence-electron chi connectivity index (χ1n) is 9.55. The number of hydrogen-bond donors (Lipinski definition) is 0. The van der Waals surface area contributed by atoms with Gasteiger partial charge in [-0.05, 0) is 37.3 Å². The van der Waals surface area contributed by atoms with Crippen molar-refractivity contribution in [3.63, 3.8) is 0 Å². The minimum Gasteiger partial charge on any atom is -0.357 e. The zero-order valence-electron chi connectivity index (χ0n) is 16.9. The molecule has 1 atom stereocenters. The highest BCUT2D eigenvalue weighted by atomic mass is 32.2. The first-order chi connectivity index (χ1) is 13.8. The lowest BCUT2D eigenvalue weighted by Crippen LogP contribution is -2.39. The molecular weight excluding hydrogens is 404 g/mol. The molecule has 2 aliphatic rings. The normalized spacial score (nSPS) is 21.0. The number of anilines is 1. The summed E-state index contributed by atoms with van der Waals surface area (Å²) in [5.41, 5.74) is 1.12. The number of rotatable bonds is 4. The van der Waals surface area contributed by atoms with E-state index in [4.69, 9.17) is 12.2 Å². The number of hydrogen-bond acceptors (Lipinski definition) is 6. The maximum absolute atomic E-state index is 12.8. The van der Waals surface area contributed by atoms with Crippen LogP contribution >= 0.6 is 24.0 Å². The van der Waals surface area contributed by atoms with Crippen LogP contribution in [-0.2, 0) is 11.8 Å². The van der Waals surface area contributed by atoms with Crippen LogP contribution in [0.4, 0.5) is 5.82 Å². The molecule has 0 aromatic carbocycles. The summed E-state index contributed by atoms with van der Waals surface area (Å²) in [6, 6.07) is 2.04. The van der Waals surface area contributed by atoms with Crippen molar-refractivity contribution >= 4 is 46.1 Å². The van der Waals surface area contributed by atoms with Crippen LogP contribution in [0.5, 0.6) is 0 Å². The largest absolute Gasteiger partial charge is 0.357 e. The van der Waals surface area contributed by atoms with Crippen LogP contribution in [0.25, 0.3) is 6.08 Å². The molecule has 6 nitrogen and oxygen atoms in total. The van der Waals surface area contributed by atoms with Gasteiger partial charge < -0.3 is 4.90 Å². The van der Waals surface area contributed by atoms with E-state index in [9.17, 15) is 14.9 Å². The molecule has 0 aliphatic carbocycles. The number of carbonyl (C=O) groups is 1. The summed E-state index contributed by atoms with van der Waals surface area (Å²) in [5.74, 6) is 1.09. The highest BCUT2D eigenvalue weighted by Gasteiger charge is 2.32. The van der Waals surface area contributed by atoms with E-state index in [0.717, 1.165) is 37.3 Å². The van der Waals surface area contributed by atoms with E-state index in [1.807, 2.05) is 6.07 Å². The standard InChI is InChI=1S/C21H24N4O2S2/c1-5-8-25-20(27)17(29-21(25)28)10-15-14(3)16(11-22)19(26)23(4)18(15)24-9-6-7-13(2)12-24/h5,10,13H,1,6-9,12H2,2-4H3/b17-10-. The Hall–Kier alpha value is -2.37. The summed E-state index contributed by atoms with van der Waals surface area (Å²) in [6.45, 7) is 9.67. The van der Waals surface area contributed by atoms with Gasteiger partial charge in [-0.15, -0.1) is 6.58 Å². The van der Waals surface area contributed by atoms with Gasteiger partial charge in [-0.1, -0.05) is 37.0 Å². The van der Waals surface area contributed by atoms with Gasteiger partial charge in [0.05, 0.1) is 4.91 Å². The minimum absolute atomic E-state index is 0.106. The zero-order chi connectivity index (χ0) is 21.3. The summed E-state index contributed by atoms with van der Waals surface area (Å²) in [6.07, 6.45) is 5.61. The highest BCUT2D eigenvalue weighted by Crippen LogP contribution is 2.36. The zero-order valence-corrected chi connectivity index (χ0v) is 18.5. The Morgan fingerprint density at radius 3 is 2.76 bits per heavy atom. The Labute approximate surface area is 180 Å². The van der Waals surface area contributed by atoms with Crippen molar-refractivity contribution in [2.24, 2.45) is 13.0 Å². The van der Waals surface area contributed by atoms with E-state index in [2.05, 4.69) is 18.4 Å². The molecule has 2 aliphatic heterocycles. The van der Waals surface area contributed by atoms with Crippen molar-refractivity contribution in [3.8, 4) is 6.07 Å². The molecule has 152 valence electrons. The Bertz CT molecular complexity index is 1020. The van der Waals surface area contributed by atoms with Crippen LogP contribution in [0.1, 0.15) is 36.5 Å². The SMILES string of the molecule is C=CCN1C(=O)/C(=C/c2c(C)c(C#N)c(=O)n(C)c2N2CCCC(C)C2)SC1=S. The van der Waals surface area contributed by atoms with Gasteiger partial charge in [-0.2, -0.15) is 5.26 Å². The van der Waals surface area contributed by atoms with Crippen LogP contribution < -0.4 is 10.5 Å². The lowest BCUT2D eigenvalue weighted by Gasteiger charge is -2.35. The van der Waals surface area contributed by atoms with Crippen molar-refractivity contribution in [3.05, 3.63) is 44.6 Å². The van der Waals surface area contributed by atoms with Gasteiger partial charge in [0.2, 0.25) is 0 Å². The number of thioether (sulfide) groups is 1. The summed E-state index contributed by atoms with van der Waals surface area (Å²) in [5, 5.41) is 9.55. The number of pyridine rings is 1. The molecule has 2 fully saturated rings. The Morgan fingerprint density at radius 2 is 2.14 bits per heavy atom. The molecule has 2 saturated heterocycles. The second-order valence-corrected chi connectivity index (χ2v) is 9.16. The monoisotopic (exact) mass is 428 g/mol. The van der Waals surface area contributed by atoms with Crippen molar-refractivity contribution in [1.82, 2.24) is 9.47 Å². The van der Waals surface area contributed by atoms with Crippen LogP contribution in [0, 0.1) is 24.2 Å².